The molecule has 8 heteroatoms. The standard InChI is InChI=1S/C36H51F2N3O3/c1-22(2)41(26(6)43)33-13-10-27(18-23(3)25(5)42)24(4)36(33)14-16-39(17-15-36)34(44)31-21-40(35(7,8)9)20-30(31)29-12-11-28(37)19-32(29)38/h11-12,18-19,22,30-31,33H,10,13-17,20-21H2,1-9H3/b23-18+/t30-,31+,33+/m0/s1. The van der Waals surface area contributed by atoms with Crippen LogP contribution in [-0.4, -0.2) is 76.1 Å². The average molecular weight is 612 g/mol. The van der Waals surface area contributed by atoms with Gasteiger partial charge in [-0.1, -0.05) is 17.7 Å². The molecule has 1 spiro atoms. The van der Waals surface area contributed by atoms with E-state index >= 15 is 4.39 Å². The monoisotopic (exact) mass is 611 g/mol. The molecular weight excluding hydrogens is 560 g/mol. The molecule has 2 amide bonds. The van der Waals surface area contributed by atoms with Crippen molar-refractivity contribution in [2.45, 2.75) is 112 Å². The number of amides is 2. The minimum absolute atomic E-state index is 0.00374. The second-order valence-corrected chi connectivity index (χ2v) is 14.5. The molecule has 0 N–H and O–H groups in total. The third kappa shape index (κ3) is 6.56. The van der Waals surface area contributed by atoms with Crippen molar-refractivity contribution in [3.63, 3.8) is 0 Å². The molecule has 0 aromatic heterocycles. The molecular formula is C36H51F2N3O3. The molecule has 3 atom stereocenters. The summed E-state index contributed by atoms with van der Waals surface area (Å²) < 4.78 is 28.9. The first-order valence-electron chi connectivity index (χ1n) is 16.1. The summed E-state index contributed by atoms with van der Waals surface area (Å²) in [4.78, 5) is 45.5. The van der Waals surface area contributed by atoms with E-state index in [9.17, 15) is 18.8 Å². The Morgan fingerprint density at radius 2 is 1.68 bits per heavy atom. The van der Waals surface area contributed by atoms with Crippen LogP contribution in [0, 0.1) is 23.0 Å². The zero-order valence-corrected chi connectivity index (χ0v) is 28.1. The van der Waals surface area contributed by atoms with Crippen LogP contribution in [0.3, 0.4) is 0 Å². The van der Waals surface area contributed by atoms with Gasteiger partial charge in [-0.2, -0.15) is 0 Å². The fourth-order valence-corrected chi connectivity index (χ4v) is 8.01. The quantitative estimate of drug-likeness (QED) is 0.338. The van der Waals surface area contributed by atoms with E-state index in [1.165, 1.54) is 17.7 Å². The van der Waals surface area contributed by atoms with Gasteiger partial charge in [0.25, 0.3) is 0 Å². The minimum atomic E-state index is -0.625. The maximum absolute atomic E-state index is 15.1. The summed E-state index contributed by atoms with van der Waals surface area (Å²) in [6, 6.07) is 3.71. The predicted octanol–water partition coefficient (Wildman–Crippen LogP) is 6.66. The molecule has 0 saturated carbocycles. The van der Waals surface area contributed by atoms with E-state index < -0.39 is 17.6 Å². The van der Waals surface area contributed by atoms with Crippen LogP contribution >= 0.6 is 0 Å². The van der Waals surface area contributed by atoms with Crippen molar-refractivity contribution in [2.24, 2.45) is 11.3 Å². The van der Waals surface area contributed by atoms with E-state index in [4.69, 9.17) is 0 Å². The summed E-state index contributed by atoms with van der Waals surface area (Å²) >= 11 is 0. The highest BCUT2D eigenvalue weighted by atomic mass is 19.1. The number of ketones is 1. The Kier molecular flexibility index (Phi) is 9.94. The molecule has 6 nitrogen and oxygen atoms in total. The lowest BCUT2D eigenvalue weighted by molar-refractivity contribution is -0.143. The first-order chi connectivity index (χ1) is 20.5. The number of hydrogen-bond donors (Lipinski definition) is 0. The maximum Gasteiger partial charge on any atom is 0.227 e. The van der Waals surface area contributed by atoms with Crippen LogP contribution in [-0.2, 0) is 14.4 Å². The summed E-state index contributed by atoms with van der Waals surface area (Å²) in [5.41, 5.74) is 2.95. The molecule has 2 heterocycles. The Balaban J connectivity index is 1.67. The van der Waals surface area contributed by atoms with E-state index in [-0.39, 0.29) is 46.6 Å². The molecule has 2 aliphatic heterocycles. The van der Waals surface area contributed by atoms with Crippen molar-refractivity contribution in [1.82, 2.24) is 14.7 Å². The van der Waals surface area contributed by atoms with E-state index in [2.05, 4.69) is 46.4 Å². The summed E-state index contributed by atoms with van der Waals surface area (Å²) in [6.45, 7) is 19.7. The van der Waals surface area contributed by atoms with Gasteiger partial charge in [0, 0.05) is 68.1 Å². The molecule has 1 aromatic rings. The Labute approximate surface area is 262 Å². The van der Waals surface area contributed by atoms with Crippen LogP contribution in [0.5, 0.6) is 0 Å². The number of nitrogens with zero attached hydrogens (tertiary/aromatic N) is 3. The van der Waals surface area contributed by atoms with Gasteiger partial charge in [-0.25, -0.2) is 8.78 Å². The Hall–Kier alpha value is -2.87. The normalized spacial score (nSPS) is 24.8. The summed E-state index contributed by atoms with van der Waals surface area (Å²) in [5, 5.41) is 0. The number of Topliss-reactive ketones (excluding diaryl/α,β-unsaturated/α-hetero) is 1. The molecule has 2 fully saturated rings. The first kappa shape index (κ1) is 34.0. The number of piperidine rings is 1. The Morgan fingerprint density at radius 3 is 2.20 bits per heavy atom. The maximum atomic E-state index is 15.1. The van der Waals surface area contributed by atoms with Crippen LogP contribution in [0.1, 0.15) is 99.5 Å². The van der Waals surface area contributed by atoms with E-state index in [1.807, 2.05) is 22.8 Å². The van der Waals surface area contributed by atoms with Gasteiger partial charge in [-0.05, 0) is 104 Å². The third-order valence-corrected chi connectivity index (χ3v) is 10.7. The van der Waals surface area contributed by atoms with Gasteiger partial charge >= 0.3 is 0 Å². The van der Waals surface area contributed by atoms with E-state index in [0.29, 0.717) is 44.6 Å². The van der Waals surface area contributed by atoms with Crippen LogP contribution in [0.2, 0.25) is 0 Å². The number of rotatable bonds is 6. The highest BCUT2D eigenvalue weighted by Gasteiger charge is 2.51. The highest BCUT2D eigenvalue weighted by molar-refractivity contribution is 5.93. The molecule has 1 aliphatic carbocycles. The van der Waals surface area contributed by atoms with Crippen molar-refractivity contribution >= 4 is 17.6 Å². The van der Waals surface area contributed by atoms with Crippen molar-refractivity contribution < 1.29 is 23.2 Å². The molecule has 0 unspecified atom stereocenters. The topological polar surface area (TPSA) is 60.9 Å². The Morgan fingerprint density at radius 1 is 1.05 bits per heavy atom. The molecule has 44 heavy (non-hydrogen) atoms. The van der Waals surface area contributed by atoms with Gasteiger partial charge in [0.05, 0.1) is 5.92 Å². The molecule has 242 valence electrons. The predicted molar refractivity (Wildman–Crippen MR) is 170 cm³/mol. The number of allylic oxidation sites excluding steroid dienone is 3. The molecule has 0 bridgehead atoms. The smallest absolute Gasteiger partial charge is 0.227 e. The highest BCUT2D eigenvalue weighted by Crippen LogP contribution is 2.51. The van der Waals surface area contributed by atoms with Gasteiger partial charge in [0.1, 0.15) is 11.6 Å². The van der Waals surface area contributed by atoms with Gasteiger partial charge in [-0.15, -0.1) is 0 Å². The minimum Gasteiger partial charge on any atom is -0.342 e. The number of halogens is 2. The summed E-state index contributed by atoms with van der Waals surface area (Å²) in [5.74, 6) is -1.94. The van der Waals surface area contributed by atoms with Crippen molar-refractivity contribution in [1.29, 1.82) is 0 Å². The third-order valence-electron chi connectivity index (χ3n) is 10.7. The molecule has 0 radical (unpaired) electrons. The summed E-state index contributed by atoms with van der Waals surface area (Å²) in [6.07, 6.45) is 5.01. The zero-order chi connectivity index (χ0) is 32.7. The van der Waals surface area contributed by atoms with Crippen molar-refractivity contribution in [2.75, 3.05) is 26.2 Å². The van der Waals surface area contributed by atoms with Crippen LogP contribution in [0.25, 0.3) is 0 Å². The molecule has 2 saturated heterocycles. The number of hydrogen-bond acceptors (Lipinski definition) is 4. The van der Waals surface area contributed by atoms with Gasteiger partial charge in [-0.3, -0.25) is 19.3 Å². The van der Waals surface area contributed by atoms with E-state index in [0.717, 1.165) is 30.1 Å². The lowest BCUT2D eigenvalue weighted by Gasteiger charge is -2.54. The lowest BCUT2D eigenvalue weighted by atomic mass is 9.61. The fraction of sp³-hybridized carbons (Fsp3) is 0.639. The van der Waals surface area contributed by atoms with Gasteiger partial charge < -0.3 is 9.80 Å². The number of likely N-dealkylation sites (tertiary alicyclic amines) is 2. The van der Waals surface area contributed by atoms with E-state index in [1.54, 1.807) is 13.8 Å². The van der Waals surface area contributed by atoms with Gasteiger partial charge in [0.2, 0.25) is 11.8 Å². The number of benzene rings is 1. The van der Waals surface area contributed by atoms with Crippen LogP contribution in [0.4, 0.5) is 8.78 Å². The Bertz CT molecular complexity index is 1350. The molecule has 3 aliphatic rings. The lowest BCUT2D eigenvalue weighted by Crippen LogP contribution is -2.59. The largest absolute Gasteiger partial charge is 0.342 e. The number of carbonyl (C=O) groups excluding carboxylic acids is 3. The number of carbonyl (C=O) groups is 3. The van der Waals surface area contributed by atoms with Crippen molar-refractivity contribution in [3.8, 4) is 0 Å². The van der Waals surface area contributed by atoms with Gasteiger partial charge in [0.15, 0.2) is 5.78 Å². The molecule has 1 aromatic carbocycles. The summed E-state index contributed by atoms with van der Waals surface area (Å²) in [7, 11) is 0. The average Bonchev–Trinajstić information content (AvgIpc) is 3.38. The van der Waals surface area contributed by atoms with Crippen molar-refractivity contribution in [3.05, 3.63) is 58.2 Å². The zero-order valence-electron chi connectivity index (χ0n) is 28.1. The second kappa shape index (κ2) is 12.9. The SMILES string of the molecule is CC(=O)/C(C)=C/C1=C(C)C2(CCN(C(=O)[C@@H]3CN(C(C)(C)C)C[C@H]3c3ccc(F)cc3F)CC2)[C@H](N(C(C)=O)C(C)C)CC1. The second-order valence-electron chi connectivity index (χ2n) is 14.5. The molecule has 4 rings (SSSR count). The van der Waals surface area contributed by atoms with Crippen LogP contribution < -0.4 is 0 Å². The fourth-order valence-electron chi connectivity index (χ4n) is 8.01. The van der Waals surface area contributed by atoms with Crippen LogP contribution in [0.15, 0.2) is 41.0 Å². The first-order valence-corrected chi connectivity index (χ1v) is 16.1.